The van der Waals surface area contributed by atoms with Gasteiger partial charge in [0.25, 0.3) is 0 Å². The molecule has 0 aliphatic carbocycles. The van der Waals surface area contributed by atoms with Crippen LogP contribution in [0.4, 0.5) is 0 Å². The highest BCUT2D eigenvalue weighted by molar-refractivity contribution is 6.30. The minimum Gasteiger partial charge on any atom is -0.481 e. The van der Waals surface area contributed by atoms with Crippen LogP contribution in [0, 0.1) is 11.3 Å². The predicted molar refractivity (Wildman–Crippen MR) is 88.0 cm³/mol. The van der Waals surface area contributed by atoms with E-state index in [0.717, 1.165) is 0 Å². The molecule has 0 amide bonds. The summed E-state index contributed by atoms with van der Waals surface area (Å²) < 4.78 is 10.3. The van der Waals surface area contributed by atoms with Crippen molar-refractivity contribution >= 4 is 23.4 Å². The van der Waals surface area contributed by atoms with Crippen molar-refractivity contribution in [2.45, 2.75) is 13.0 Å². The maximum atomic E-state index is 12.2. The molecule has 0 bridgehead atoms. The molecule has 0 unspecified atom stereocenters. The number of Topliss-reactive ketones (excluding diaryl/α,β-unsaturated/α-hetero) is 1. The zero-order valence-corrected chi connectivity index (χ0v) is 13.6. The number of nitriles is 1. The number of halogens is 1. The molecule has 1 atom stereocenters. The van der Waals surface area contributed by atoms with Gasteiger partial charge in [0.2, 0.25) is 5.78 Å². The van der Waals surface area contributed by atoms with Gasteiger partial charge in [-0.3, -0.25) is 4.79 Å². The molecule has 0 heterocycles. The summed E-state index contributed by atoms with van der Waals surface area (Å²) in [4.78, 5) is 24.0. The Morgan fingerprint density at radius 1 is 1.17 bits per heavy atom. The molecule has 122 valence electrons. The molecule has 2 rings (SSSR count). The van der Waals surface area contributed by atoms with Crippen LogP contribution in [0.5, 0.6) is 5.75 Å². The lowest BCUT2D eigenvalue weighted by atomic mass is 10.1. The topological polar surface area (TPSA) is 76.4 Å². The van der Waals surface area contributed by atoms with Crippen molar-refractivity contribution in [1.29, 1.82) is 5.26 Å². The summed E-state index contributed by atoms with van der Waals surface area (Å²) in [7, 11) is 0. The SMILES string of the molecule is C[C@H](OC(=O)COc1ccccc1C#N)C(=O)c1ccc(Cl)cc1. The Hall–Kier alpha value is -2.84. The first-order valence-electron chi connectivity index (χ1n) is 7.12. The summed E-state index contributed by atoms with van der Waals surface area (Å²) in [6.45, 7) is 1.09. The van der Waals surface area contributed by atoms with Crippen LogP contribution in [0.1, 0.15) is 22.8 Å². The number of ether oxygens (including phenoxy) is 2. The minimum absolute atomic E-state index is 0.286. The molecule has 6 heteroatoms. The molecule has 0 saturated heterocycles. The third-order valence-corrected chi connectivity index (χ3v) is 3.41. The van der Waals surface area contributed by atoms with Gasteiger partial charge in [0.1, 0.15) is 11.8 Å². The van der Waals surface area contributed by atoms with E-state index in [4.69, 9.17) is 26.3 Å². The van der Waals surface area contributed by atoms with Gasteiger partial charge in [0.15, 0.2) is 12.7 Å². The average molecular weight is 344 g/mol. The van der Waals surface area contributed by atoms with Crippen LogP contribution in [-0.4, -0.2) is 24.5 Å². The number of rotatable bonds is 6. The third kappa shape index (κ3) is 4.58. The Kier molecular flexibility index (Phi) is 5.94. The Bertz CT molecular complexity index is 780. The highest BCUT2D eigenvalue weighted by atomic mass is 35.5. The van der Waals surface area contributed by atoms with E-state index >= 15 is 0 Å². The molecule has 2 aromatic rings. The number of carbonyl (C=O) groups is 2. The number of ketones is 1. The fourth-order valence-electron chi connectivity index (χ4n) is 1.96. The monoisotopic (exact) mass is 343 g/mol. The molecule has 0 saturated carbocycles. The van der Waals surface area contributed by atoms with E-state index < -0.39 is 18.7 Å². The van der Waals surface area contributed by atoms with E-state index in [1.165, 1.54) is 6.92 Å². The smallest absolute Gasteiger partial charge is 0.344 e. The highest BCUT2D eigenvalue weighted by Gasteiger charge is 2.20. The zero-order chi connectivity index (χ0) is 17.5. The van der Waals surface area contributed by atoms with Crippen molar-refractivity contribution < 1.29 is 19.1 Å². The standard InChI is InChI=1S/C18H14ClNO4/c1-12(18(22)13-6-8-15(19)9-7-13)24-17(21)11-23-16-5-3-2-4-14(16)10-20/h2-9,12H,11H2,1H3/t12-/m0/s1. The van der Waals surface area contributed by atoms with Crippen molar-refractivity contribution in [3.63, 3.8) is 0 Å². The first-order valence-corrected chi connectivity index (χ1v) is 7.50. The zero-order valence-electron chi connectivity index (χ0n) is 12.9. The molecule has 0 radical (unpaired) electrons. The quantitative estimate of drug-likeness (QED) is 0.593. The van der Waals surface area contributed by atoms with E-state index in [1.807, 2.05) is 6.07 Å². The lowest BCUT2D eigenvalue weighted by Gasteiger charge is -2.13. The number of para-hydroxylation sites is 1. The Balaban J connectivity index is 1.91. The van der Waals surface area contributed by atoms with Crippen LogP contribution >= 0.6 is 11.6 Å². The molecule has 0 spiro atoms. The minimum atomic E-state index is -0.950. The fourth-order valence-corrected chi connectivity index (χ4v) is 2.08. The second-order valence-electron chi connectivity index (χ2n) is 4.90. The van der Waals surface area contributed by atoms with Crippen LogP contribution < -0.4 is 4.74 Å². The summed E-state index contributed by atoms with van der Waals surface area (Å²) in [5.41, 5.74) is 0.714. The number of esters is 1. The average Bonchev–Trinajstić information content (AvgIpc) is 2.60. The first kappa shape index (κ1) is 17.5. The summed E-state index contributed by atoms with van der Waals surface area (Å²) in [6.07, 6.45) is -0.950. The maximum Gasteiger partial charge on any atom is 0.344 e. The summed E-state index contributed by atoms with van der Waals surface area (Å²) in [6, 6.07) is 14.8. The van der Waals surface area contributed by atoms with E-state index in [-0.39, 0.29) is 11.5 Å². The summed E-state index contributed by atoms with van der Waals surface area (Å²) in [5.74, 6) is -0.747. The van der Waals surface area contributed by atoms with Gasteiger partial charge in [-0.05, 0) is 43.3 Å². The lowest BCUT2D eigenvalue weighted by Crippen LogP contribution is -2.27. The van der Waals surface area contributed by atoms with Gasteiger partial charge in [-0.15, -0.1) is 0 Å². The molecule has 5 nitrogen and oxygen atoms in total. The molecule has 0 fully saturated rings. The van der Waals surface area contributed by atoms with Gasteiger partial charge in [-0.1, -0.05) is 23.7 Å². The number of hydrogen-bond acceptors (Lipinski definition) is 5. The van der Waals surface area contributed by atoms with Gasteiger partial charge in [0, 0.05) is 10.6 Å². The van der Waals surface area contributed by atoms with Gasteiger partial charge in [-0.25, -0.2) is 4.79 Å². The Morgan fingerprint density at radius 2 is 1.83 bits per heavy atom. The van der Waals surface area contributed by atoms with Crippen molar-refractivity contribution in [3.05, 3.63) is 64.7 Å². The second kappa shape index (κ2) is 8.14. The number of benzene rings is 2. The molecule has 0 aliphatic heterocycles. The third-order valence-electron chi connectivity index (χ3n) is 3.16. The van der Waals surface area contributed by atoms with Gasteiger partial charge < -0.3 is 9.47 Å². The molecule has 0 aliphatic rings. The fraction of sp³-hybridized carbons (Fsp3) is 0.167. The molecule has 2 aromatic carbocycles. The van der Waals surface area contributed by atoms with Crippen LogP contribution in [0.3, 0.4) is 0 Å². The second-order valence-corrected chi connectivity index (χ2v) is 5.34. The normalized spacial score (nSPS) is 11.2. The summed E-state index contributed by atoms with van der Waals surface area (Å²) >= 11 is 5.77. The summed E-state index contributed by atoms with van der Waals surface area (Å²) in [5, 5.41) is 9.46. The van der Waals surface area contributed by atoms with Crippen molar-refractivity contribution in [2.75, 3.05) is 6.61 Å². The van der Waals surface area contributed by atoms with Gasteiger partial charge in [-0.2, -0.15) is 5.26 Å². The van der Waals surface area contributed by atoms with Gasteiger partial charge in [0.05, 0.1) is 5.56 Å². The van der Waals surface area contributed by atoms with Crippen molar-refractivity contribution in [2.24, 2.45) is 0 Å². The van der Waals surface area contributed by atoms with Crippen molar-refractivity contribution in [3.8, 4) is 11.8 Å². The molecule has 0 aromatic heterocycles. The largest absolute Gasteiger partial charge is 0.481 e. The van der Waals surface area contributed by atoms with Crippen LogP contribution in [0.2, 0.25) is 5.02 Å². The van der Waals surface area contributed by atoms with Crippen LogP contribution in [-0.2, 0) is 9.53 Å². The maximum absolute atomic E-state index is 12.2. The number of hydrogen-bond donors (Lipinski definition) is 0. The molecule has 24 heavy (non-hydrogen) atoms. The van der Waals surface area contributed by atoms with E-state index in [0.29, 0.717) is 16.1 Å². The predicted octanol–water partition coefficient (Wildman–Crippen LogP) is 3.41. The Morgan fingerprint density at radius 3 is 2.50 bits per heavy atom. The van der Waals surface area contributed by atoms with Crippen LogP contribution in [0.25, 0.3) is 0 Å². The van der Waals surface area contributed by atoms with E-state index in [2.05, 4.69) is 0 Å². The van der Waals surface area contributed by atoms with Gasteiger partial charge >= 0.3 is 5.97 Å². The number of carbonyl (C=O) groups excluding carboxylic acids is 2. The first-order chi connectivity index (χ1) is 11.5. The van der Waals surface area contributed by atoms with Crippen LogP contribution in [0.15, 0.2) is 48.5 Å². The molecule has 0 N–H and O–H groups in total. The lowest BCUT2D eigenvalue weighted by molar-refractivity contribution is -0.148. The van der Waals surface area contributed by atoms with Crippen molar-refractivity contribution in [1.82, 2.24) is 0 Å². The number of nitrogens with zero attached hydrogens (tertiary/aromatic N) is 1. The Labute approximate surface area is 144 Å². The highest BCUT2D eigenvalue weighted by Crippen LogP contribution is 2.17. The van der Waals surface area contributed by atoms with E-state index in [9.17, 15) is 9.59 Å². The molecular weight excluding hydrogens is 330 g/mol. The molecular formula is C18H14ClNO4. The van der Waals surface area contributed by atoms with E-state index in [1.54, 1.807) is 48.5 Å².